The van der Waals surface area contributed by atoms with Crippen molar-refractivity contribution in [2.24, 2.45) is 0 Å². The minimum atomic E-state index is -4.62. The molecule has 0 fully saturated rings. The van der Waals surface area contributed by atoms with Gasteiger partial charge in [-0.2, -0.15) is 13.2 Å². The first-order chi connectivity index (χ1) is 11.7. The van der Waals surface area contributed by atoms with Crippen molar-refractivity contribution < 1.29 is 27.4 Å². The van der Waals surface area contributed by atoms with Gasteiger partial charge in [0.05, 0.1) is 30.5 Å². The van der Waals surface area contributed by atoms with Crippen LogP contribution in [0.1, 0.15) is 5.56 Å². The van der Waals surface area contributed by atoms with E-state index in [0.29, 0.717) is 17.2 Å². The predicted molar refractivity (Wildman–Crippen MR) is 88.6 cm³/mol. The number of carbonyl (C=O) groups excluding carboxylic acids is 1. The summed E-state index contributed by atoms with van der Waals surface area (Å²) < 4.78 is 48.7. The van der Waals surface area contributed by atoms with Crippen molar-refractivity contribution in [3.05, 3.63) is 47.0 Å². The summed E-state index contributed by atoms with van der Waals surface area (Å²) in [5.41, 5.74) is -0.762. The molecular weight excluding hydrogens is 361 g/mol. The van der Waals surface area contributed by atoms with E-state index in [1.54, 1.807) is 18.2 Å². The van der Waals surface area contributed by atoms with Gasteiger partial charge in [0.1, 0.15) is 11.5 Å². The van der Waals surface area contributed by atoms with Gasteiger partial charge in [-0.25, -0.2) is 4.79 Å². The van der Waals surface area contributed by atoms with Gasteiger partial charge in [-0.1, -0.05) is 11.6 Å². The molecule has 0 bridgehead atoms. The number of hydrogen-bond donors (Lipinski definition) is 2. The summed E-state index contributed by atoms with van der Waals surface area (Å²) in [5.74, 6) is 0.858. The molecule has 134 valence electrons. The Bertz CT molecular complexity index is 782. The Hall–Kier alpha value is -2.61. The highest BCUT2D eigenvalue weighted by atomic mass is 35.5. The Labute approximate surface area is 146 Å². The van der Waals surface area contributed by atoms with Crippen molar-refractivity contribution in [1.82, 2.24) is 0 Å². The van der Waals surface area contributed by atoms with Gasteiger partial charge in [0, 0.05) is 11.8 Å². The van der Waals surface area contributed by atoms with Crippen LogP contribution in [-0.2, 0) is 6.18 Å². The van der Waals surface area contributed by atoms with Crippen LogP contribution in [0.5, 0.6) is 11.5 Å². The Morgan fingerprint density at radius 3 is 2.36 bits per heavy atom. The Morgan fingerprint density at radius 1 is 1.04 bits per heavy atom. The number of ether oxygens (including phenoxy) is 2. The van der Waals surface area contributed by atoms with Crippen LogP contribution in [-0.4, -0.2) is 20.3 Å². The zero-order chi connectivity index (χ0) is 18.6. The molecule has 0 spiro atoms. The summed E-state index contributed by atoms with van der Waals surface area (Å²) >= 11 is 5.54. The molecule has 0 aromatic heterocycles. The second-order valence-electron chi connectivity index (χ2n) is 4.84. The second-order valence-corrected chi connectivity index (χ2v) is 5.24. The smallest absolute Gasteiger partial charge is 0.417 e. The maximum absolute atomic E-state index is 12.8. The van der Waals surface area contributed by atoms with Crippen LogP contribution < -0.4 is 20.1 Å². The fourth-order valence-electron chi connectivity index (χ4n) is 2.01. The van der Waals surface area contributed by atoms with Gasteiger partial charge in [-0.15, -0.1) is 0 Å². The molecular formula is C16H14ClF3N2O3. The van der Waals surface area contributed by atoms with Crippen LogP contribution in [0.4, 0.5) is 29.3 Å². The average Bonchev–Trinajstić information content (AvgIpc) is 2.56. The van der Waals surface area contributed by atoms with E-state index in [4.69, 9.17) is 21.1 Å². The molecule has 0 aliphatic carbocycles. The van der Waals surface area contributed by atoms with Crippen molar-refractivity contribution in [3.63, 3.8) is 0 Å². The molecule has 0 saturated carbocycles. The number of methoxy groups -OCH3 is 2. The fourth-order valence-corrected chi connectivity index (χ4v) is 2.23. The molecule has 0 saturated heterocycles. The molecule has 0 aliphatic heterocycles. The number of benzene rings is 2. The second kappa shape index (κ2) is 7.52. The van der Waals surface area contributed by atoms with E-state index in [0.717, 1.165) is 12.1 Å². The number of halogens is 4. The van der Waals surface area contributed by atoms with Crippen molar-refractivity contribution >= 4 is 29.0 Å². The number of anilines is 2. The highest BCUT2D eigenvalue weighted by molar-refractivity contribution is 6.31. The molecule has 2 rings (SSSR count). The predicted octanol–water partition coefficient (Wildman–Crippen LogP) is 5.02. The number of amides is 2. The lowest BCUT2D eigenvalue weighted by atomic mass is 10.2. The molecule has 0 heterocycles. The van der Waals surface area contributed by atoms with E-state index in [1.165, 1.54) is 20.3 Å². The summed E-state index contributed by atoms with van der Waals surface area (Å²) in [6.07, 6.45) is -4.62. The van der Waals surface area contributed by atoms with E-state index < -0.39 is 22.8 Å². The maximum atomic E-state index is 12.8. The average molecular weight is 375 g/mol. The van der Waals surface area contributed by atoms with Crippen LogP contribution in [0.2, 0.25) is 5.02 Å². The van der Waals surface area contributed by atoms with Crippen LogP contribution in [0, 0.1) is 0 Å². The van der Waals surface area contributed by atoms with Gasteiger partial charge in [0.25, 0.3) is 0 Å². The SMILES string of the molecule is COc1ccc(NC(=O)Nc2ccc(Cl)c(C(F)(F)F)c2)c(OC)c1. The molecule has 0 unspecified atom stereocenters. The van der Waals surface area contributed by atoms with Gasteiger partial charge in [-0.3, -0.25) is 0 Å². The Balaban J connectivity index is 2.16. The maximum Gasteiger partial charge on any atom is 0.417 e. The first-order valence-electron chi connectivity index (χ1n) is 6.91. The Morgan fingerprint density at radius 2 is 1.76 bits per heavy atom. The van der Waals surface area contributed by atoms with Crippen molar-refractivity contribution in [2.75, 3.05) is 24.9 Å². The molecule has 9 heteroatoms. The van der Waals surface area contributed by atoms with E-state index in [9.17, 15) is 18.0 Å². The quantitative estimate of drug-likeness (QED) is 0.790. The van der Waals surface area contributed by atoms with E-state index in [1.807, 2.05) is 0 Å². The minimum Gasteiger partial charge on any atom is -0.497 e. The number of carbonyl (C=O) groups is 1. The number of urea groups is 1. The van der Waals surface area contributed by atoms with Crippen molar-refractivity contribution in [2.45, 2.75) is 6.18 Å². The molecule has 0 radical (unpaired) electrons. The summed E-state index contributed by atoms with van der Waals surface area (Å²) in [6, 6.07) is 7.05. The van der Waals surface area contributed by atoms with E-state index >= 15 is 0 Å². The summed E-state index contributed by atoms with van der Waals surface area (Å²) in [4.78, 5) is 12.0. The summed E-state index contributed by atoms with van der Waals surface area (Å²) in [6.45, 7) is 0. The number of hydrogen-bond acceptors (Lipinski definition) is 3. The third-order valence-corrected chi connectivity index (χ3v) is 3.52. The normalized spacial score (nSPS) is 11.0. The molecule has 2 amide bonds. The van der Waals surface area contributed by atoms with Gasteiger partial charge in [-0.05, 0) is 30.3 Å². The zero-order valence-corrected chi connectivity index (χ0v) is 14.0. The van der Waals surface area contributed by atoms with Crippen LogP contribution >= 0.6 is 11.6 Å². The molecule has 2 aromatic carbocycles. The lowest BCUT2D eigenvalue weighted by molar-refractivity contribution is -0.137. The molecule has 25 heavy (non-hydrogen) atoms. The van der Waals surface area contributed by atoms with Crippen LogP contribution in [0.3, 0.4) is 0 Å². The van der Waals surface area contributed by atoms with Crippen LogP contribution in [0.25, 0.3) is 0 Å². The lowest BCUT2D eigenvalue weighted by Crippen LogP contribution is -2.20. The third-order valence-electron chi connectivity index (χ3n) is 3.19. The fraction of sp³-hybridized carbons (Fsp3) is 0.188. The highest BCUT2D eigenvalue weighted by Gasteiger charge is 2.33. The zero-order valence-electron chi connectivity index (χ0n) is 13.2. The van der Waals surface area contributed by atoms with E-state index in [2.05, 4.69) is 10.6 Å². The summed E-state index contributed by atoms with van der Waals surface area (Å²) in [5, 5.41) is 4.35. The van der Waals surface area contributed by atoms with Gasteiger partial charge >= 0.3 is 12.2 Å². The number of nitrogens with one attached hydrogen (secondary N) is 2. The molecule has 2 aromatic rings. The number of rotatable bonds is 4. The van der Waals surface area contributed by atoms with Gasteiger partial charge in [0.15, 0.2) is 0 Å². The van der Waals surface area contributed by atoms with Crippen molar-refractivity contribution in [3.8, 4) is 11.5 Å². The molecule has 2 N–H and O–H groups in total. The van der Waals surface area contributed by atoms with E-state index in [-0.39, 0.29) is 5.69 Å². The number of alkyl halides is 3. The third kappa shape index (κ3) is 4.69. The Kier molecular flexibility index (Phi) is 5.63. The minimum absolute atomic E-state index is 0.0540. The largest absolute Gasteiger partial charge is 0.497 e. The monoisotopic (exact) mass is 374 g/mol. The first-order valence-corrected chi connectivity index (χ1v) is 7.29. The first kappa shape index (κ1) is 18.7. The molecule has 0 aliphatic rings. The lowest BCUT2D eigenvalue weighted by Gasteiger charge is -2.14. The molecule has 0 atom stereocenters. The highest BCUT2D eigenvalue weighted by Crippen LogP contribution is 2.36. The van der Waals surface area contributed by atoms with Crippen LogP contribution in [0.15, 0.2) is 36.4 Å². The standard InChI is InChI=1S/C16H14ClF3N2O3/c1-24-10-4-6-13(14(8-10)25-2)22-15(23)21-9-3-5-12(17)11(7-9)16(18,19)20/h3-8H,1-2H3,(H2,21,22,23). The van der Waals surface area contributed by atoms with Gasteiger partial charge in [0.2, 0.25) is 0 Å². The van der Waals surface area contributed by atoms with Gasteiger partial charge < -0.3 is 20.1 Å². The topological polar surface area (TPSA) is 59.6 Å². The molecule has 5 nitrogen and oxygen atoms in total. The summed E-state index contributed by atoms with van der Waals surface area (Å²) in [7, 11) is 2.89. The van der Waals surface area contributed by atoms with Crippen molar-refractivity contribution in [1.29, 1.82) is 0 Å².